The van der Waals surface area contributed by atoms with Crippen LogP contribution in [0, 0.1) is 5.82 Å². The van der Waals surface area contributed by atoms with Crippen molar-refractivity contribution >= 4 is 27.2 Å². The molecule has 0 spiro atoms. The Balaban J connectivity index is 1.97. The van der Waals surface area contributed by atoms with Crippen molar-refractivity contribution in [2.75, 3.05) is 5.75 Å². The van der Waals surface area contributed by atoms with Crippen molar-refractivity contribution in [3.8, 4) is 0 Å². The van der Waals surface area contributed by atoms with Crippen molar-refractivity contribution in [3.05, 3.63) is 56.5 Å². The highest BCUT2D eigenvalue weighted by atomic mass is 35.5. The van der Waals surface area contributed by atoms with Gasteiger partial charge in [0.1, 0.15) is 5.82 Å². The predicted octanol–water partition coefficient (Wildman–Crippen LogP) is 3.59. The molecule has 0 aromatic heterocycles. The smallest absolute Gasteiger partial charge is 0.177 e. The molecule has 3 aliphatic rings. The second-order valence-corrected chi connectivity index (χ2v) is 9.15. The minimum atomic E-state index is -3.50. The van der Waals surface area contributed by atoms with Gasteiger partial charge in [0.05, 0.1) is 21.6 Å². The summed E-state index contributed by atoms with van der Waals surface area (Å²) in [6.45, 7) is 0. The van der Waals surface area contributed by atoms with E-state index < -0.39 is 21.6 Å². The first-order chi connectivity index (χ1) is 11.9. The lowest BCUT2D eigenvalue weighted by atomic mass is 9.79. The first kappa shape index (κ1) is 16.8. The number of allylic oxidation sites excluding steroid dienone is 4. The number of ketones is 1. The molecule has 4 nitrogen and oxygen atoms in total. The Morgan fingerprint density at radius 1 is 1.12 bits per heavy atom. The summed E-state index contributed by atoms with van der Waals surface area (Å²) in [5.74, 6) is -1.37. The Bertz CT molecular complexity index is 949. The number of Topliss-reactive ketones (excluding diaryl/α,β-unsaturated/α-hetero) is 1. The van der Waals surface area contributed by atoms with Gasteiger partial charge in [-0.3, -0.25) is 4.79 Å². The second kappa shape index (κ2) is 5.95. The highest BCUT2D eigenvalue weighted by Crippen LogP contribution is 2.46. The summed E-state index contributed by atoms with van der Waals surface area (Å²) in [4.78, 5) is 12.8. The molecule has 0 radical (unpaired) electrons. The van der Waals surface area contributed by atoms with Crippen LogP contribution in [-0.4, -0.2) is 20.0 Å². The molecule has 0 saturated heterocycles. The maximum absolute atomic E-state index is 14.1. The summed E-state index contributed by atoms with van der Waals surface area (Å²) in [7, 11) is -3.50. The van der Waals surface area contributed by atoms with Crippen LogP contribution in [0.1, 0.15) is 43.6 Å². The van der Waals surface area contributed by atoms with Crippen molar-refractivity contribution in [1.29, 1.82) is 0 Å². The molecule has 7 heteroatoms. The SMILES string of the molecule is O=C1CCCC2=C1C(c1ccc(Cl)c(F)c1)C1=C(CCCS1(=O)=O)N2. The summed E-state index contributed by atoms with van der Waals surface area (Å²) in [5.41, 5.74) is 2.37. The highest BCUT2D eigenvalue weighted by molar-refractivity contribution is 7.95. The normalized spacial score (nSPS) is 25.4. The summed E-state index contributed by atoms with van der Waals surface area (Å²) in [5, 5.41) is 3.18. The molecular weight excluding hydrogens is 365 g/mol. The van der Waals surface area contributed by atoms with Gasteiger partial charge in [-0.15, -0.1) is 0 Å². The van der Waals surface area contributed by atoms with E-state index in [0.717, 1.165) is 12.1 Å². The van der Waals surface area contributed by atoms with Gasteiger partial charge in [0.2, 0.25) is 0 Å². The third kappa shape index (κ3) is 2.72. The molecule has 0 bridgehead atoms. The number of dihydropyridines is 1. The Hall–Kier alpha value is -1.66. The molecule has 0 amide bonds. The quantitative estimate of drug-likeness (QED) is 0.807. The fourth-order valence-corrected chi connectivity index (χ4v) is 5.99. The minimum absolute atomic E-state index is 0.0254. The third-order valence-electron chi connectivity index (χ3n) is 5.06. The van der Waals surface area contributed by atoms with Crippen LogP contribution in [-0.2, 0) is 14.6 Å². The Morgan fingerprint density at radius 2 is 1.88 bits per heavy atom. The van der Waals surface area contributed by atoms with E-state index in [0.29, 0.717) is 42.5 Å². The van der Waals surface area contributed by atoms with E-state index >= 15 is 0 Å². The van der Waals surface area contributed by atoms with Gasteiger partial charge >= 0.3 is 0 Å². The standard InChI is InChI=1S/C18H17ClFNO3S/c19-11-7-6-10(9-12(11)20)16-17-13(3-1-5-15(17)22)21-14-4-2-8-25(23,24)18(14)16/h6-7,9,16,21H,1-5,8H2. The van der Waals surface area contributed by atoms with Gasteiger partial charge in [0, 0.05) is 23.4 Å². The van der Waals surface area contributed by atoms with Crippen molar-refractivity contribution in [2.24, 2.45) is 0 Å². The zero-order valence-corrected chi connectivity index (χ0v) is 15.0. The number of hydrogen-bond donors (Lipinski definition) is 1. The molecule has 1 aromatic carbocycles. The maximum atomic E-state index is 14.1. The van der Waals surface area contributed by atoms with E-state index in [1.54, 1.807) is 6.07 Å². The fourth-order valence-electron chi connectivity index (χ4n) is 3.99. The van der Waals surface area contributed by atoms with Gasteiger partial charge in [-0.1, -0.05) is 17.7 Å². The molecule has 1 atom stereocenters. The number of rotatable bonds is 1. The fraction of sp³-hybridized carbons (Fsp3) is 0.389. The summed E-state index contributed by atoms with van der Waals surface area (Å²) in [6, 6.07) is 4.28. The Labute approximate surface area is 150 Å². The van der Waals surface area contributed by atoms with E-state index in [-0.39, 0.29) is 21.5 Å². The van der Waals surface area contributed by atoms with E-state index in [2.05, 4.69) is 5.32 Å². The van der Waals surface area contributed by atoms with Crippen molar-refractivity contribution < 1.29 is 17.6 Å². The number of benzene rings is 1. The van der Waals surface area contributed by atoms with Crippen LogP contribution in [0.3, 0.4) is 0 Å². The monoisotopic (exact) mass is 381 g/mol. The molecule has 1 aromatic rings. The first-order valence-corrected chi connectivity index (χ1v) is 10.4. The number of carbonyl (C=O) groups is 1. The number of hydrogen-bond acceptors (Lipinski definition) is 4. The average Bonchev–Trinajstić information content (AvgIpc) is 2.55. The molecular formula is C18H17ClFNO3S. The predicted molar refractivity (Wildman–Crippen MR) is 93.2 cm³/mol. The zero-order chi connectivity index (χ0) is 17.8. The van der Waals surface area contributed by atoms with Crippen LogP contribution in [0.5, 0.6) is 0 Å². The van der Waals surface area contributed by atoms with Crippen molar-refractivity contribution in [1.82, 2.24) is 5.32 Å². The lowest BCUT2D eigenvalue weighted by molar-refractivity contribution is -0.116. The summed E-state index contributed by atoms with van der Waals surface area (Å²) < 4.78 is 39.6. The first-order valence-electron chi connectivity index (χ1n) is 8.32. The summed E-state index contributed by atoms with van der Waals surface area (Å²) >= 11 is 5.78. The third-order valence-corrected chi connectivity index (χ3v) is 7.34. The molecule has 4 rings (SSSR count). The number of nitrogens with one attached hydrogen (secondary N) is 1. The molecule has 2 aliphatic heterocycles. The van der Waals surface area contributed by atoms with E-state index in [1.165, 1.54) is 12.1 Å². The number of halogens is 2. The van der Waals surface area contributed by atoms with Gasteiger partial charge in [-0.05, 0) is 43.4 Å². The molecule has 1 N–H and O–H groups in total. The second-order valence-electron chi connectivity index (χ2n) is 6.67. The van der Waals surface area contributed by atoms with Crippen LogP contribution >= 0.6 is 11.6 Å². The van der Waals surface area contributed by atoms with Crippen LogP contribution in [0.25, 0.3) is 0 Å². The van der Waals surface area contributed by atoms with E-state index in [4.69, 9.17) is 11.6 Å². The van der Waals surface area contributed by atoms with Crippen molar-refractivity contribution in [3.63, 3.8) is 0 Å². The van der Waals surface area contributed by atoms with E-state index in [1.807, 2.05) is 0 Å². The largest absolute Gasteiger partial charge is 0.361 e. The Morgan fingerprint density at radius 3 is 2.64 bits per heavy atom. The topological polar surface area (TPSA) is 63.2 Å². The molecule has 132 valence electrons. The molecule has 0 fully saturated rings. The number of carbonyl (C=O) groups excluding carboxylic acids is 1. The molecule has 25 heavy (non-hydrogen) atoms. The van der Waals surface area contributed by atoms with E-state index in [9.17, 15) is 17.6 Å². The molecule has 1 aliphatic carbocycles. The number of sulfone groups is 1. The van der Waals surface area contributed by atoms with Crippen LogP contribution < -0.4 is 5.32 Å². The Kier molecular flexibility index (Phi) is 4.00. The van der Waals surface area contributed by atoms with Gasteiger partial charge in [-0.2, -0.15) is 0 Å². The van der Waals surface area contributed by atoms with Gasteiger partial charge in [0.15, 0.2) is 15.6 Å². The average molecular weight is 382 g/mol. The van der Waals surface area contributed by atoms with Crippen LogP contribution in [0.4, 0.5) is 4.39 Å². The minimum Gasteiger partial charge on any atom is -0.361 e. The van der Waals surface area contributed by atoms with Gasteiger partial charge in [-0.25, -0.2) is 12.8 Å². The van der Waals surface area contributed by atoms with Gasteiger partial charge < -0.3 is 5.32 Å². The molecule has 0 saturated carbocycles. The maximum Gasteiger partial charge on any atom is 0.177 e. The lowest BCUT2D eigenvalue weighted by Crippen LogP contribution is -2.37. The lowest BCUT2D eigenvalue weighted by Gasteiger charge is -2.37. The summed E-state index contributed by atoms with van der Waals surface area (Å²) in [6.07, 6.45) is 2.99. The molecule has 1 unspecified atom stereocenters. The van der Waals surface area contributed by atoms with Gasteiger partial charge in [0.25, 0.3) is 0 Å². The zero-order valence-electron chi connectivity index (χ0n) is 13.4. The van der Waals surface area contributed by atoms with Crippen LogP contribution in [0.2, 0.25) is 5.02 Å². The molecule has 2 heterocycles. The highest BCUT2D eigenvalue weighted by Gasteiger charge is 2.43. The van der Waals surface area contributed by atoms with Crippen LogP contribution in [0.15, 0.2) is 40.1 Å². The van der Waals surface area contributed by atoms with Crippen molar-refractivity contribution in [2.45, 2.75) is 38.0 Å².